The van der Waals surface area contributed by atoms with E-state index in [9.17, 15) is 0 Å². The number of nitrogens with one attached hydrogen (secondary N) is 1. The summed E-state index contributed by atoms with van der Waals surface area (Å²) in [4.78, 5) is 0. The first kappa shape index (κ1) is 14.2. The molecule has 0 heterocycles. The molecule has 0 saturated heterocycles. The molecule has 0 radical (unpaired) electrons. The molecule has 0 bridgehead atoms. The van der Waals surface area contributed by atoms with Crippen molar-refractivity contribution in [2.24, 2.45) is 0 Å². The van der Waals surface area contributed by atoms with Gasteiger partial charge in [-0.3, -0.25) is 0 Å². The van der Waals surface area contributed by atoms with Crippen molar-refractivity contribution in [3.63, 3.8) is 0 Å². The van der Waals surface area contributed by atoms with Crippen LogP contribution in [0.5, 0.6) is 5.75 Å². The maximum absolute atomic E-state index is 6.10. The second kappa shape index (κ2) is 6.31. The molecule has 0 aromatic heterocycles. The Morgan fingerprint density at radius 3 is 2.63 bits per heavy atom. The number of methoxy groups -OCH3 is 1. The third-order valence-electron chi connectivity index (χ3n) is 2.88. The molecule has 2 aromatic rings. The lowest BCUT2D eigenvalue weighted by Crippen LogP contribution is -1.99. The van der Waals surface area contributed by atoms with Crippen LogP contribution in [-0.4, -0.2) is 7.11 Å². The van der Waals surface area contributed by atoms with E-state index in [2.05, 4.69) is 46.4 Å². The van der Waals surface area contributed by atoms with Crippen molar-refractivity contribution in [1.29, 1.82) is 0 Å². The summed E-state index contributed by atoms with van der Waals surface area (Å²) in [6.07, 6.45) is 0. The van der Waals surface area contributed by atoms with Gasteiger partial charge in [0.2, 0.25) is 0 Å². The molecule has 0 atom stereocenters. The Balaban J connectivity index is 2.05. The number of hydrogen-bond acceptors (Lipinski definition) is 2. The lowest BCUT2D eigenvalue weighted by molar-refractivity contribution is 0.415. The molecule has 0 aliphatic carbocycles. The van der Waals surface area contributed by atoms with Crippen molar-refractivity contribution in [3.8, 4) is 5.75 Å². The highest BCUT2D eigenvalue weighted by Crippen LogP contribution is 2.26. The standard InChI is InChI=1S/C15H15BrClNO/c1-10-3-5-12(8-13(10)16)18-9-11-4-6-15(19-2)14(17)7-11/h3-8,18H,9H2,1-2H3. The van der Waals surface area contributed by atoms with Gasteiger partial charge in [0.1, 0.15) is 5.75 Å². The molecule has 2 nitrogen and oxygen atoms in total. The molecule has 0 unspecified atom stereocenters. The van der Waals surface area contributed by atoms with Gasteiger partial charge in [-0.05, 0) is 42.3 Å². The number of aryl methyl sites for hydroxylation is 1. The van der Waals surface area contributed by atoms with Crippen molar-refractivity contribution in [2.75, 3.05) is 12.4 Å². The predicted octanol–water partition coefficient (Wildman–Crippen LogP) is 5.03. The van der Waals surface area contributed by atoms with Crippen LogP contribution in [-0.2, 0) is 6.54 Å². The maximum atomic E-state index is 6.10. The van der Waals surface area contributed by atoms with Crippen LogP contribution in [0.4, 0.5) is 5.69 Å². The van der Waals surface area contributed by atoms with Crippen LogP contribution in [0.1, 0.15) is 11.1 Å². The van der Waals surface area contributed by atoms with Crippen LogP contribution in [0.25, 0.3) is 0 Å². The van der Waals surface area contributed by atoms with Crippen molar-refractivity contribution in [1.82, 2.24) is 0 Å². The highest BCUT2D eigenvalue weighted by atomic mass is 79.9. The molecule has 2 aromatic carbocycles. The quantitative estimate of drug-likeness (QED) is 0.842. The molecule has 1 N–H and O–H groups in total. The summed E-state index contributed by atoms with van der Waals surface area (Å²) in [6, 6.07) is 12.0. The Morgan fingerprint density at radius 1 is 1.21 bits per heavy atom. The molecule has 0 saturated carbocycles. The fourth-order valence-electron chi connectivity index (χ4n) is 1.73. The van der Waals surface area contributed by atoms with Gasteiger partial charge in [0.15, 0.2) is 0 Å². The number of anilines is 1. The first-order valence-corrected chi connectivity index (χ1v) is 7.09. The minimum Gasteiger partial charge on any atom is -0.495 e. The van der Waals surface area contributed by atoms with Crippen LogP contribution in [0.2, 0.25) is 5.02 Å². The van der Waals surface area contributed by atoms with Gasteiger partial charge in [-0.2, -0.15) is 0 Å². The van der Waals surface area contributed by atoms with Gasteiger partial charge in [0.05, 0.1) is 12.1 Å². The number of ether oxygens (including phenoxy) is 1. The first-order chi connectivity index (χ1) is 9.10. The Bertz CT molecular complexity index is 586. The van der Waals surface area contributed by atoms with Gasteiger partial charge in [-0.25, -0.2) is 0 Å². The number of halogens is 2. The van der Waals surface area contributed by atoms with E-state index < -0.39 is 0 Å². The van der Waals surface area contributed by atoms with E-state index in [1.807, 2.05) is 18.2 Å². The second-order valence-corrected chi connectivity index (χ2v) is 5.55. The Kier molecular flexibility index (Phi) is 4.72. The minimum absolute atomic E-state index is 0.631. The third-order valence-corrected chi connectivity index (χ3v) is 4.03. The van der Waals surface area contributed by atoms with Gasteiger partial charge < -0.3 is 10.1 Å². The zero-order valence-corrected chi connectivity index (χ0v) is 13.2. The topological polar surface area (TPSA) is 21.3 Å². The average Bonchev–Trinajstić information content (AvgIpc) is 2.40. The summed E-state index contributed by atoms with van der Waals surface area (Å²) in [5.74, 6) is 0.698. The van der Waals surface area contributed by atoms with E-state index in [0.717, 1.165) is 22.3 Å². The SMILES string of the molecule is COc1ccc(CNc2ccc(C)c(Br)c2)cc1Cl. The summed E-state index contributed by atoms with van der Waals surface area (Å²) >= 11 is 9.62. The molecule has 0 aliphatic rings. The molecular formula is C15H15BrClNO. The van der Waals surface area contributed by atoms with Gasteiger partial charge in [0, 0.05) is 16.7 Å². The van der Waals surface area contributed by atoms with Crippen molar-refractivity contribution in [2.45, 2.75) is 13.5 Å². The summed E-state index contributed by atoms with van der Waals surface area (Å²) in [5, 5.41) is 4.00. The number of benzene rings is 2. The van der Waals surface area contributed by atoms with Crippen LogP contribution >= 0.6 is 27.5 Å². The Labute approximate surface area is 126 Å². The summed E-state index contributed by atoms with van der Waals surface area (Å²) in [6.45, 7) is 2.79. The summed E-state index contributed by atoms with van der Waals surface area (Å²) < 4.78 is 6.24. The molecule has 100 valence electrons. The largest absolute Gasteiger partial charge is 0.495 e. The molecule has 2 rings (SSSR count). The zero-order chi connectivity index (χ0) is 13.8. The van der Waals surface area contributed by atoms with Gasteiger partial charge in [0.25, 0.3) is 0 Å². The third kappa shape index (κ3) is 3.64. The van der Waals surface area contributed by atoms with Crippen LogP contribution in [0.3, 0.4) is 0 Å². The minimum atomic E-state index is 0.631. The van der Waals surface area contributed by atoms with Crippen LogP contribution in [0, 0.1) is 6.92 Å². The predicted molar refractivity (Wildman–Crippen MR) is 84.2 cm³/mol. The van der Waals surface area contributed by atoms with Crippen LogP contribution in [0.15, 0.2) is 40.9 Å². The number of rotatable bonds is 4. The lowest BCUT2D eigenvalue weighted by atomic mass is 10.2. The van der Waals surface area contributed by atoms with Crippen molar-refractivity contribution >= 4 is 33.2 Å². The van der Waals surface area contributed by atoms with E-state index in [0.29, 0.717) is 10.8 Å². The molecule has 0 spiro atoms. The van der Waals surface area contributed by atoms with E-state index in [1.165, 1.54) is 5.56 Å². The summed E-state index contributed by atoms with van der Waals surface area (Å²) in [7, 11) is 1.61. The molecule has 4 heteroatoms. The normalized spacial score (nSPS) is 10.3. The van der Waals surface area contributed by atoms with E-state index >= 15 is 0 Å². The second-order valence-electron chi connectivity index (χ2n) is 4.29. The molecular weight excluding hydrogens is 326 g/mol. The highest BCUT2D eigenvalue weighted by molar-refractivity contribution is 9.10. The smallest absolute Gasteiger partial charge is 0.137 e. The van der Waals surface area contributed by atoms with Crippen molar-refractivity contribution in [3.05, 3.63) is 57.0 Å². The Morgan fingerprint density at radius 2 is 2.00 bits per heavy atom. The summed E-state index contributed by atoms with van der Waals surface area (Å²) in [5.41, 5.74) is 3.41. The monoisotopic (exact) mass is 339 g/mol. The zero-order valence-electron chi connectivity index (χ0n) is 10.8. The van der Waals surface area contributed by atoms with Gasteiger partial charge in [-0.1, -0.05) is 39.7 Å². The fourth-order valence-corrected chi connectivity index (χ4v) is 2.39. The highest BCUT2D eigenvalue weighted by Gasteiger charge is 2.02. The van der Waals surface area contributed by atoms with E-state index in [1.54, 1.807) is 7.11 Å². The molecule has 0 fully saturated rings. The maximum Gasteiger partial charge on any atom is 0.137 e. The van der Waals surface area contributed by atoms with Gasteiger partial charge >= 0.3 is 0 Å². The van der Waals surface area contributed by atoms with Gasteiger partial charge in [-0.15, -0.1) is 0 Å². The fraction of sp³-hybridized carbons (Fsp3) is 0.200. The molecule has 0 aliphatic heterocycles. The van der Waals surface area contributed by atoms with Crippen molar-refractivity contribution < 1.29 is 4.74 Å². The molecule has 19 heavy (non-hydrogen) atoms. The lowest BCUT2D eigenvalue weighted by Gasteiger charge is -2.10. The molecule has 0 amide bonds. The van der Waals surface area contributed by atoms with Crippen LogP contribution < -0.4 is 10.1 Å². The van der Waals surface area contributed by atoms with E-state index in [-0.39, 0.29) is 0 Å². The first-order valence-electron chi connectivity index (χ1n) is 5.92. The Hall–Kier alpha value is -1.19. The average molecular weight is 341 g/mol. The van der Waals surface area contributed by atoms with E-state index in [4.69, 9.17) is 16.3 Å². The number of hydrogen-bond donors (Lipinski definition) is 1.